The number of carboxylic acids is 1. The van der Waals surface area contributed by atoms with Gasteiger partial charge in [0.25, 0.3) is 5.91 Å². The van der Waals surface area contributed by atoms with Crippen LogP contribution in [0.3, 0.4) is 0 Å². The van der Waals surface area contributed by atoms with Gasteiger partial charge in [-0.15, -0.1) is 0 Å². The van der Waals surface area contributed by atoms with Crippen molar-refractivity contribution in [1.82, 2.24) is 9.78 Å². The topological polar surface area (TPSA) is 93.5 Å². The highest BCUT2D eigenvalue weighted by Crippen LogP contribution is 2.34. The molecule has 140 valence electrons. The highest BCUT2D eigenvalue weighted by atomic mass is 19.4. The molecule has 0 aliphatic rings. The summed E-state index contributed by atoms with van der Waals surface area (Å²) in [5.74, 6) is -2.20. The van der Waals surface area contributed by atoms with Gasteiger partial charge in [0, 0.05) is 12.3 Å². The molecule has 0 aliphatic heterocycles. The lowest BCUT2D eigenvalue weighted by Gasteiger charge is -2.14. The average Bonchev–Trinajstić information content (AvgIpc) is 3.01. The summed E-state index contributed by atoms with van der Waals surface area (Å²) >= 11 is 0. The number of aromatic nitrogens is 2. The van der Waals surface area contributed by atoms with Crippen LogP contribution in [-0.2, 0) is 15.7 Å². The number of hydrogen-bond acceptors (Lipinski definition) is 4. The molecule has 0 saturated carbocycles. The Morgan fingerprint density at radius 2 is 2.08 bits per heavy atom. The van der Waals surface area contributed by atoms with Gasteiger partial charge in [-0.25, -0.2) is 9.48 Å². The molecule has 26 heavy (non-hydrogen) atoms. The normalized spacial score (nSPS) is 12.7. The predicted octanol–water partition coefficient (Wildman–Crippen LogP) is 2.95. The number of amides is 1. The van der Waals surface area contributed by atoms with Crippen LogP contribution in [-0.4, -0.2) is 39.5 Å². The summed E-state index contributed by atoms with van der Waals surface area (Å²) in [6, 6.07) is 5.47. The second kappa shape index (κ2) is 7.56. The maximum atomic E-state index is 13.3. The number of ether oxygens (including phenoxy) is 1. The summed E-state index contributed by atoms with van der Waals surface area (Å²) in [6.07, 6.45) is -5.03. The molecular weight excluding hydrogens is 355 g/mol. The van der Waals surface area contributed by atoms with Gasteiger partial charge in [0.2, 0.25) is 0 Å². The van der Waals surface area contributed by atoms with E-state index in [2.05, 4.69) is 10.4 Å². The zero-order chi connectivity index (χ0) is 19.5. The van der Waals surface area contributed by atoms with E-state index in [0.717, 1.165) is 0 Å². The summed E-state index contributed by atoms with van der Waals surface area (Å²) in [5, 5.41) is 15.0. The van der Waals surface area contributed by atoms with Crippen LogP contribution < -0.4 is 5.32 Å². The Hall–Kier alpha value is -2.88. The first-order valence-electron chi connectivity index (χ1n) is 7.56. The van der Waals surface area contributed by atoms with Crippen LogP contribution in [0, 0.1) is 0 Å². The number of nitrogens with zero attached hydrogens (tertiary/aromatic N) is 2. The number of carbonyl (C=O) groups is 2. The van der Waals surface area contributed by atoms with E-state index in [1.54, 1.807) is 6.92 Å². The first-order chi connectivity index (χ1) is 12.1. The van der Waals surface area contributed by atoms with Crippen molar-refractivity contribution in [3.05, 3.63) is 41.7 Å². The number of aromatic carboxylic acids is 1. The standard InChI is InChI=1S/C16H16F3N3O4/c1-3-26-9(2)14(23)21-10-5-4-6-11(7-10)22-13(16(17,18)19)12(8-20-22)15(24)25/h4-9H,3H2,1-2H3,(H,21,23)(H,24,25). The molecule has 0 fully saturated rings. The summed E-state index contributed by atoms with van der Waals surface area (Å²) in [7, 11) is 0. The molecule has 1 aromatic carbocycles. The van der Waals surface area contributed by atoms with Gasteiger partial charge in [0.05, 0.1) is 11.9 Å². The van der Waals surface area contributed by atoms with Crippen molar-refractivity contribution in [3.63, 3.8) is 0 Å². The van der Waals surface area contributed by atoms with E-state index >= 15 is 0 Å². The lowest BCUT2D eigenvalue weighted by molar-refractivity contribution is -0.143. The Morgan fingerprint density at radius 1 is 1.38 bits per heavy atom. The van der Waals surface area contributed by atoms with Gasteiger partial charge in [0.1, 0.15) is 11.7 Å². The molecule has 0 saturated heterocycles. The Balaban J connectivity index is 2.40. The highest BCUT2D eigenvalue weighted by Gasteiger charge is 2.40. The van der Waals surface area contributed by atoms with Crippen molar-refractivity contribution in [2.24, 2.45) is 0 Å². The number of hydrogen-bond donors (Lipinski definition) is 2. The van der Waals surface area contributed by atoms with Crippen molar-refractivity contribution < 1.29 is 32.6 Å². The Morgan fingerprint density at radius 3 is 2.65 bits per heavy atom. The van der Waals surface area contributed by atoms with Gasteiger partial charge in [-0.1, -0.05) is 6.07 Å². The molecule has 10 heteroatoms. The van der Waals surface area contributed by atoms with Crippen LogP contribution in [0.4, 0.5) is 18.9 Å². The molecule has 1 atom stereocenters. The van der Waals surface area contributed by atoms with E-state index in [1.807, 2.05) is 0 Å². The fourth-order valence-corrected chi connectivity index (χ4v) is 2.26. The second-order valence-electron chi connectivity index (χ2n) is 5.26. The summed E-state index contributed by atoms with van der Waals surface area (Å²) in [5.41, 5.74) is -2.20. The SMILES string of the molecule is CCOC(C)C(=O)Nc1cccc(-n2ncc(C(=O)O)c2C(F)(F)F)c1. The molecular formula is C16H16F3N3O4. The molecule has 2 aromatic rings. The molecule has 7 nitrogen and oxygen atoms in total. The monoisotopic (exact) mass is 371 g/mol. The van der Waals surface area contributed by atoms with E-state index in [-0.39, 0.29) is 11.4 Å². The third kappa shape index (κ3) is 4.20. The number of carboxylic acid groups (broad SMARTS) is 1. The first-order valence-corrected chi connectivity index (χ1v) is 7.56. The Kier molecular flexibility index (Phi) is 5.66. The third-order valence-electron chi connectivity index (χ3n) is 3.41. The fraction of sp³-hybridized carbons (Fsp3) is 0.312. The van der Waals surface area contributed by atoms with Crippen LogP contribution in [0.15, 0.2) is 30.5 Å². The quantitative estimate of drug-likeness (QED) is 0.814. The van der Waals surface area contributed by atoms with Gasteiger partial charge in [-0.2, -0.15) is 18.3 Å². The minimum absolute atomic E-state index is 0.0494. The van der Waals surface area contributed by atoms with Crippen LogP contribution in [0.1, 0.15) is 29.9 Å². The van der Waals surface area contributed by atoms with Gasteiger partial charge in [-0.05, 0) is 32.0 Å². The molecule has 2 rings (SSSR count). The molecule has 0 bridgehead atoms. The van der Waals surface area contributed by atoms with E-state index in [4.69, 9.17) is 9.84 Å². The van der Waals surface area contributed by atoms with Crippen LogP contribution in [0.25, 0.3) is 5.69 Å². The minimum Gasteiger partial charge on any atom is -0.478 e. The molecule has 0 radical (unpaired) electrons. The van der Waals surface area contributed by atoms with E-state index in [9.17, 15) is 22.8 Å². The van der Waals surface area contributed by atoms with Gasteiger partial charge >= 0.3 is 12.1 Å². The van der Waals surface area contributed by atoms with Gasteiger partial charge in [0.15, 0.2) is 5.69 Å². The van der Waals surface area contributed by atoms with E-state index in [0.29, 0.717) is 17.5 Å². The highest BCUT2D eigenvalue weighted by molar-refractivity contribution is 5.94. The average molecular weight is 371 g/mol. The molecule has 0 spiro atoms. The first kappa shape index (κ1) is 19.4. The molecule has 1 unspecified atom stereocenters. The van der Waals surface area contributed by atoms with Crippen LogP contribution in [0.5, 0.6) is 0 Å². The van der Waals surface area contributed by atoms with Gasteiger partial charge < -0.3 is 15.2 Å². The van der Waals surface area contributed by atoms with Crippen LogP contribution >= 0.6 is 0 Å². The minimum atomic E-state index is -4.92. The van der Waals surface area contributed by atoms with Gasteiger partial charge in [-0.3, -0.25) is 4.79 Å². The maximum absolute atomic E-state index is 13.3. The predicted molar refractivity (Wildman–Crippen MR) is 85.2 cm³/mol. The third-order valence-corrected chi connectivity index (χ3v) is 3.41. The van der Waals surface area contributed by atoms with Crippen molar-refractivity contribution in [2.75, 3.05) is 11.9 Å². The molecule has 1 amide bonds. The lowest BCUT2D eigenvalue weighted by atomic mass is 10.2. The summed E-state index contributed by atoms with van der Waals surface area (Å²) in [4.78, 5) is 23.0. The lowest BCUT2D eigenvalue weighted by Crippen LogP contribution is -2.27. The van der Waals surface area contributed by atoms with Crippen LogP contribution in [0.2, 0.25) is 0 Å². The molecule has 1 aromatic heterocycles. The zero-order valence-electron chi connectivity index (χ0n) is 13.9. The van der Waals surface area contributed by atoms with E-state index < -0.39 is 35.4 Å². The number of nitrogens with one attached hydrogen (secondary N) is 1. The largest absolute Gasteiger partial charge is 0.478 e. The van der Waals surface area contributed by atoms with Crippen molar-refractivity contribution >= 4 is 17.6 Å². The van der Waals surface area contributed by atoms with E-state index in [1.165, 1.54) is 31.2 Å². The number of halogens is 3. The molecule has 0 aliphatic carbocycles. The Labute approximate surface area is 146 Å². The number of rotatable bonds is 6. The number of carbonyl (C=O) groups excluding carboxylic acids is 1. The van der Waals surface area contributed by atoms with Crippen molar-refractivity contribution in [1.29, 1.82) is 0 Å². The maximum Gasteiger partial charge on any atom is 0.434 e. The summed E-state index contributed by atoms with van der Waals surface area (Å²) < 4.78 is 45.5. The fourth-order valence-electron chi connectivity index (χ4n) is 2.26. The number of alkyl halides is 3. The molecule has 1 heterocycles. The number of anilines is 1. The number of benzene rings is 1. The van der Waals surface area contributed by atoms with Crippen molar-refractivity contribution in [3.8, 4) is 5.69 Å². The smallest absolute Gasteiger partial charge is 0.434 e. The Bertz CT molecular complexity index is 817. The zero-order valence-corrected chi connectivity index (χ0v) is 13.9. The molecule has 2 N–H and O–H groups in total. The summed E-state index contributed by atoms with van der Waals surface area (Å²) in [6.45, 7) is 3.59. The second-order valence-corrected chi connectivity index (χ2v) is 5.26. The van der Waals surface area contributed by atoms with Crippen molar-refractivity contribution in [2.45, 2.75) is 26.1 Å².